The molecule has 7 nitrogen and oxygen atoms in total. The number of aromatic nitrogens is 4. The molecule has 0 unspecified atom stereocenters. The number of fused-ring (bicyclic) bond motifs is 1. The van der Waals surface area contributed by atoms with Gasteiger partial charge in [0.1, 0.15) is 11.5 Å². The lowest BCUT2D eigenvalue weighted by atomic mass is 10.2. The first-order chi connectivity index (χ1) is 9.06. The summed E-state index contributed by atoms with van der Waals surface area (Å²) in [7, 11) is 0. The van der Waals surface area contributed by atoms with Gasteiger partial charge in [0.25, 0.3) is 11.6 Å². The van der Waals surface area contributed by atoms with Gasteiger partial charge in [0.05, 0.1) is 5.69 Å². The molecular formula is C12H10N4O3. The van der Waals surface area contributed by atoms with Gasteiger partial charge in [0.15, 0.2) is 0 Å². The molecule has 3 aromatic heterocycles. The maximum atomic E-state index is 10.9. The van der Waals surface area contributed by atoms with E-state index in [0.29, 0.717) is 5.69 Å². The van der Waals surface area contributed by atoms with E-state index in [2.05, 4.69) is 15.1 Å². The van der Waals surface area contributed by atoms with Crippen LogP contribution in [0.25, 0.3) is 17.0 Å². The van der Waals surface area contributed by atoms with E-state index in [1.54, 1.807) is 12.3 Å². The lowest BCUT2D eigenvalue weighted by molar-refractivity contribution is 0.0684. The van der Waals surface area contributed by atoms with Crippen molar-refractivity contribution in [2.45, 2.75) is 13.8 Å². The standard InChI is InChI=1S/C12H10N4O3/c1-6-5-8(7(2)19-6)9-3-4-13-12-14-10(11(17)18)15-16(9)12/h3-5H,1-2H3,(H,17,18). The summed E-state index contributed by atoms with van der Waals surface area (Å²) in [6.45, 7) is 3.68. The Hall–Kier alpha value is -2.70. The molecule has 0 radical (unpaired) electrons. The SMILES string of the molecule is Cc1cc(-c2ccnc3nc(C(=O)O)nn23)c(C)o1. The zero-order valence-corrected chi connectivity index (χ0v) is 10.3. The van der Waals surface area contributed by atoms with Crippen molar-refractivity contribution in [2.24, 2.45) is 0 Å². The van der Waals surface area contributed by atoms with Gasteiger partial charge >= 0.3 is 5.97 Å². The predicted molar refractivity (Wildman–Crippen MR) is 64.9 cm³/mol. The van der Waals surface area contributed by atoms with Gasteiger partial charge in [-0.05, 0) is 26.0 Å². The minimum absolute atomic E-state index is 0.244. The molecule has 0 aliphatic rings. The Labute approximate surface area is 107 Å². The quantitative estimate of drug-likeness (QED) is 0.751. The highest BCUT2D eigenvalue weighted by atomic mass is 16.4. The summed E-state index contributed by atoms with van der Waals surface area (Å²) in [4.78, 5) is 18.8. The Morgan fingerprint density at radius 3 is 2.84 bits per heavy atom. The van der Waals surface area contributed by atoms with Crippen molar-refractivity contribution in [3.05, 3.63) is 35.7 Å². The van der Waals surface area contributed by atoms with Crippen LogP contribution in [0.5, 0.6) is 0 Å². The van der Waals surface area contributed by atoms with Crippen molar-refractivity contribution < 1.29 is 14.3 Å². The Kier molecular flexibility index (Phi) is 2.34. The molecule has 0 amide bonds. The van der Waals surface area contributed by atoms with Crippen LogP contribution in [0.3, 0.4) is 0 Å². The molecule has 96 valence electrons. The first-order valence-corrected chi connectivity index (χ1v) is 5.59. The van der Waals surface area contributed by atoms with Crippen molar-refractivity contribution >= 4 is 11.7 Å². The largest absolute Gasteiger partial charge is 0.475 e. The van der Waals surface area contributed by atoms with Crippen LogP contribution in [0, 0.1) is 13.8 Å². The van der Waals surface area contributed by atoms with Crippen LogP contribution >= 0.6 is 0 Å². The maximum absolute atomic E-state index is 10.9. The third-order valence-electron chi connectivity index (χ3n) is 2.75. The van der Waals surface area contributed by atoms with E-state index >= 15 is 0 Å². The first kappa shape index (κ1) is 11.4. The van der Waals surface area contributed by atoms with Crippen LogP contribution in [0.4, 0.5) is 0 Å². The number of nitrogens with zero attached hydrogens (tertiary/aromatic N) is 4. The molecule has 0 spiro atoms. The second-order valence-corrected chi connectivity index (χ2v) is 4.11. The molecule has 19 heavy (non-hydrogen) atoms. The molecule has 0 aromatic carbocycles. The highest BCUT2D eigenvalue weighted by molar-refractivity contribution is 5.83. The van der Waals surface area contributed by atoms with Crippen LogP contribution in [-0.4, -0.2) is 30.7 Å². The van der Waals surface area contributed by atoms with Crippen LogP contribution in [-0.2, 0) is 0 Å². The van der Waals surface area contributed by atoms with E-state index < -0.39 is 5.97 Å². The third kappa shape index (κ3) is 1.75. The molecule has 3 aromatic rings. The molecule has 7 heteroatoms. The summed E-state index contributed by atoms with van der Waals surface area (Å²) in [6, 6.07) is 3.61. The summed E-state index contributed by atoms with van der Waals surface area (Å²) >= 11 is 0. The summed E-state index contributed by atoms with van der Waals surface area (Å²) in [5, 5.41) is 12.9. The molecule has 0 saturated carbocycles. The Morgan fingerprint density at radius 1 is 1.42 bits per heavy atom. The highest BCUT2D eigenvalue weighted by Crippen LogP contribution is 2.26. The fourth-order valence-electron chi connectivity index (χ4n) is 1.97. The number of furan rings is 1. The van der Waals surface area contributed by atoms with Gasteiger partial charge in [-0.25, -0.2) is 9.78 Å². The molecule has 0 bridgehead atoms. The fourth-order valence-corrected chi connectivity index (χ4v) is 1.97. The van der Waals surface area contributed by atoms with Gasteiger partial charge < -0.3 is 9.52 Å². The summed E-state index contributed by atoms with van der Waals surface area (Å²) < 4.78 is 6.88. The molecule has 0 aliphatic carbocycles. The number of carboxylic acids is 1. The van der Waals surface area contributed by atoms with Crippen molar-refractivity contribution in [1.29, 1.82) is 0 Å². The molecule has 0 saturated heterocycles. The number of carbonyl (C=O) groups is 1. The average molecular weight is 258 g/mol. The number of hydrogen-bond acceptors (Lipinski definition) is 5. The fraction of sp³-hybridized carbons (Fsp3) is 0.167. The number of aryl methyl sites for hydroxylation is 2. The van der Waals surface area contributed by atoms with Gasteiger partial charge in [-0.3, -0.25) is 0 Å². The predicted octanol–water partition coefficient (Wildman–Crippen LogP) is 1.70. The monoisotopic (exact) mass is 258 g/mol. The smallest absolute Gasteiger partial charge is 0.375 e. The highest BCUT2D eigenvalue weighted by Gasteiger charge is 2.16. The summed E-state index contributed by atoms with van der Waals surface area (Å²) in [5.74, 6) is 0.288. The van der Waals surface area contributed by atoms with Crippen LogP contribution in [0.2, 0.25) is 0 Å². The molecule has 0 aliphatic heterocycles. The van der Waals surface area contributed by atoms with E-state index in [0.717, 1.165) is 17.1 Å². The molecule has 3 heterocycles. The first-order valence-electron chi connectivity index (χ1n) is 5.59. The van der Waals surface area contributed by atoms with E-state index in [-0.39, 0.29) is 11.6 Å². The van der Waals surface area contributed by atoms with E-state index in [1.165, 1.54) is 4.52 Å². The Balaban J connectivity index is 2.29. The second-order valence-electron chi connectivity index (χ2n) is 4.11. The van der Waals surface area contributed by atoms with Gasteiger partial charge in [-0.15, -0.1) is 5.10 Å². The number of carboxylic acid groups (broad SMARTS) is 1. The molecule has 1 N–H and O–H groups in total. The van der Waals surface area contributed by atoms with Crippen LogP contribution in [0.15, 0.2) is 22.7 Å². The number of aromatic carboxylic acids is 1. The zero-order chi connectivity index (χ0) is 13.6. The van der Waals surface area contributed by atoms with Crippen molar-refractivity contribution in [2.75, 3.05) is 0 Å². The minimum Gasteiger partial charge on any atom is -0.475 e. The number of hydrogen-bond donors (Lipinski definition) is 1. The number of rotatable bonds is 2. The van der Waals surface area contributed by atoms with Gasteiger partial charge in [0.2, 0.25) is 0 Å². The maximum Gasteiger partial charge on any atom is 0.375 e. The summed E-state index contributed by atoms with van der Waals surface area (Å²) in [5.41, 5.74) is 1.53. The van der Waals surface area contributed by atoms with Crippen LogP contribution in [0.1, 0.15) is 22.1 Å². The minimum atomic E-state index is -1.18. The van der Waals surface area contributed by atoms with E-state index in [1.807, 2.05) is 19.9 Å². The van der Waals surface area contributed by atoms with Gasteiger partial charge in [-0.2, -0.15) is 9.50 Å². The van der Waals surface area contributed by atoms with E-state index in [9.17, 15) is 4.79 Å². The lowest BCUT2D eigenvalue weighted by Crippen LogP contribution is -2.00. The van der Waals surface area contributed by atoms with Crippen molar-refractivity contribution in [1.82, 2.24) is 19.6 Å². The summed E-state index contributed by atoms with van der Waals surface area (Å²) in [6.07, 6.45) is 1.56. The van der Waals surface area contributed by atoms with Crippen molar-refractivity contribution in [3.8, 4) is 11.3 Å². The lowest BCUT2D eigenvalue weighted by Gasteiger charge is -2.00. The topological polar surface area (TPSA) is 93.5 Å². The van der Waals surface area contributed by atoms with Gasteiger partial charge in [-0.1, -0.05) is 0 Å². The van der Waals surface area contributed by atoms with E-state index in [4.69, 9.17) is 9.52 Å². The van der Waals surface area contributed by atoms with Crippen LogP contribution < -0.4 is 0 Å². The average Bonchev–Trinajstić information content (AvgIpc) is 2.92. The Bertz CT molecular complexity index is 787. The molecule has 0 fully saturated rings. The normalized spacial score (nSPS) is 11.1. The second kappa shape index (κ2) is 3.91. The zero-order valence-electron chi connectivity index (χ0n) is 10.3. The third-order valence-corrected chi connectivity index (χ3v) is 2.75. The van der Waals surface area contributed by atoms with Gasteiger partial charge in [0, 0.05) is 11.8 Å². The Morgan fingerprint density at radius 2 is 2.21 bits per heavy atom. The van der Waals surface area contributed by atoms with Crippen molar-refractivity contribution in [3.63, 3.8) is 0 Å². The molecule has 0 atom stereocenters. The molecule has 3 rings (SSSR count). The molecular weight excluding hydrogens is 248 g/mol.